The van der Waals surface area contributed by atoms with Crippen molar-refractivity contribution in [3.8, 4) is 17.3 Å². The lowest BCUT2D eigenvalue weighted by atomic mass is 10.0. The van der Waals surface area contributed by atoms with E-state index in [4.69, 9.17) is 10.5 Å². The molecular weight excluding hydrogens is 385 g/mol. The monoisotopic (exact) mass is 406 g/mol. The van der Waals surface area contributed by atoms with Crippen LogP contribution in [-0.4, -0.2) is 21.1 Å². The third-order valence-corrected chi connectivity index (χ3v) is 4.30. The van der Waals surface area contributed by atoms with Crippen LogP contribution in [0.25, 0.3) is 5.69 Å². The molecule has 0 saturated carbocycles. The number of benzene rings is 1. The molecule has 0 aliphatic rings. The molecule has 1 aromatic carbocycles. The summed E-state index contributed by atoms with van der Waals surface area (Å²) in [4.78, 5) is 4.26. The van der Waals surface area contributed by atoms with E-state index in [0.717, 1.165) is 5.56 Å². The lowest BCUT2D eigenvalue weighted by Gasteiger charge is -2.16. The van der Waals surface area contributed by atoms with Crippen molar-refractivity contribution in [2.45, 2.75) is 39.7 Å². The molecule has 0 unspecified atom stereocenters. The summed E-state index contributed by atoms with van der Waals surface area (Å²) >= 11 is 0. The van der Waals surface area contributed by atoms with Crippen LogP contribution in [-0.2, 0) is 6.61 Å². The molecule has 0 fully saturated rings. The standard InChI is InChI=1S/C20H21F3N4O2/c1-12(2)14-10-25-27(16-6-4-5-7-18(16)29-20(21,22)23)17(14)11-28-19-9-8-15(24)13(3)26-19/h4-10,12H,11,24H2,1-3H3. The molecule has 0 radical (unpaired) electrons. The fraction of sp³-hybridized carbons (Fsp3) is 0.300. The summed E-state index contributed by atoms with van der Waals surface area (Å²) < 4.78 is 49.8. The summed E-state index contributed by atoms with van der Waals surface area (Å²) in [6, 6.07) is 9.16. The van der Waals surface area contributed by atoms with Gasteiger partial charge in [-0.25, -0.2) is 9.67 Å². The lowest BCUT2D eigenvalue weighted by molar-refractivity contribution is -0.274. The summed E-state index contributed by atoms with van der Waals surface area (Å²) in [6.45, 7) is 5.75. The van der Waals surface area contributed by atoms with Crippen molar-refractivity contribution in [1.29, 1.82) is 0 Å². The third-order valence-electron chi connectivity index (χ3n) is 4.30. The minimum absolute atomic E-state index is 0.0597. The second-order valence-electron chi connectivity index (χ2n) is 6.74. The third kappa shape index (κ3) is 4.79. The Hall–Kier alpha value is -3.23. The number of nitrogens with zero attached hydrogens (tertiary/aromatic N) is 3. The summed E-state index contributed by atoms with van der Waals surface area (Å²) in [7, 11) is 0. The lowest BCUT2D eigenvalue weighted by Crippen LogP contribution is -2.19. The number of nitrogen functional groups attached to an aromatic ring is 1. The van der Waals surface area contributed by atoms with Gasteiger partial charge in [-0.3, -0.25) is 0 Å². The second-order valence-corrected chi connectivity index (χ2v) is 6.74. The van der Waals surface area contributed by atoms with Crippen LogP contribution >= 0.6 is 0 Å². The minimum Gasteiger partial charge on any atom is -0.471 e. The summed E-state index contributed by atoms with van der Waals surface area (Å²) in [5, 5.41) is 4.29. The van der Waals surface area contributed by atoms with E-state index in [2.05, 4.69) is 14.8 Å². The molecule has 0 spiro atoms. The van der Waals surface area contributed by atoms with Gasteiger partial charge in [-0.05, 0) is 36.6 Å². The molecule has 0 bridgehead atoms. The molecule has 0 amide bonds. The highest BCUT2D eigenvalue weighted by Gasteiger charge is 2.32. The van der Waals surface area contributed by atoms with Gasteiger partial charge in [0.15, 0.2) is 5.75 Å². The van der Waals surface area contributed by atoms with E-state index in [1.807, 2.05) is 13.8 Å². The summed E-state index contributed by atoms with van der Waals surface area (Å²) in [6.07, 6.45) is -3.19. The van der Waals surface area contributed by atoms with E-state index >= 15 is 0 Å². The largest absolute Gasteiger partial charge is 0.573 e. The first-order valence-electron chi connectivity index (χ1n) is 8.93. The predicted molar refractivity (Wildman–Crippen MR) is 102 cm³/mol. The fourth-order valence-corrected chi connectivity index (χ4v) is 2.84. The maximum absolute atomic E-state index is 12.8. The quantitative estimate of drug-likeness (QED) is 0.639. The molecule has 9 heteroatoms. The van der Waals surface area contributed by atoms with E-state index in [1.165, 1.54) is 22.9 Å². The maximum Gasteiger partial charge on any atom is 0.573 e. The highest BCUT2D eigenvalue weighted by molar-refractivity contribution is 5.48. The number of hydrogen-bond donors (Lipinski definition) is 1. The molecule has 0 saturated heterocycles. The van der Waals surface area contributed by atoms with Crippen LogP contribution in [0.3, 0.4) is 0 Å². The number of hydrogen-bond acceptors (Lipinski definition) is 5. The second kappa shape index (κ2) is 8.02. The molecule has 3 rings (SSSR count). The van der Waals surface area contributed by atoms with Crippen LogP contribution in [0.5, 0.6) is 11.6 Å². The molecule has 0 aliphatic heterocycles. The Labute approximate surface area is 166 Å². The van der Waals surface area contributed by atoms with E-state index in [0.29, 0.717) is 23.0 Å². The first kappa shape index (κ1) is 20.5. The average molecular weight is 406 g/mol. The number of ether oxygens (including phenoxy) is 2. The van der Waals surface area contributed by atoms with Gasteiger partial charge in [0.2, 0.25) is 5.88 Å². The van der Waals surface area contributed by atoms with Gasteiger partial charge >= 0.3 is 6.36 Å². The van der Waals surface area contributed by atoms with Gasteiger partial charge in [-0.2, -0.15) is 5.10 Å². The zero-order valence-corrected chi connectivity index (χ0v) is 16.2. The topological polar surface area (TPSA) is 75.2 Å². The number of pyridine rings is 1. The van der Waals surface area contributed by atoms with Gasteiger partial charge in [0.05, 0.1) is 23.3 Å². The van der Waals surface area contributed by atoms with Gasteiger partial charge in [0.25, 0.3) is 0 Å². The van der Waals surface area contributed by atoms with Crippen LogP contribution < -0.4 is 15.2 Å². The predicted octanol–water partition coefficient (Wildman–Crippen LogP) is 4.76. The van der Waals surface area contributed by atoms with Gasteiger partial charge in [-0.15, -0.1) is 13.2 Å². The Bertz CT molecular complexity index is 1000. The van der Waals surface area contributed by atoms with Crippen molar-refractivity contribution in [3.05, 3.63) is 59.5 Å². The van der Waals surface area contributed by atoms with Gasteiger partial charge in [0.1, 0.15) is 12.3 Å². The fourth-order valence-electron chi connectivity index (χ4n) is 2.84. The number of nitrogens with two attached hydrogens (primary N) is 1. The zero-order chi connectivity index (χ0) is 21.2. The molecule has 3 aromatic rings. The average Bonchev–Trinajstić information content (AvgIpc) is 3.06. The number of anilines is 1. The first-order valence-corrected chi connectivity index (χ1v) is 8.93. The maximum atomic E-state index is 12.8. The van der Waals surface area contributed by atoms with Crippen LogP contribution in [0.2, 0.25) is 0 Å². The summed E-state index contributed by atoms with van der Waals surface area (Å²) in [5.74, 6) is 0.0965. The molecule has 0 aliphatic carbocycles. The smallest absolute Gasteiger partial charge is 0.471 e. The number of para-hydroxylation sites is 2. The van der Waals surface area contributed by atoms with Crippen molar-refractivity contribution in [1.82, 2.24) is 14.8 Å². The molecule has 6 nitrogen and oxygen atoms in total. The number of halogens is 3. The van der Waals surface area contributed by atoms with Crippen LogP contribution in [0.15, 0.2) is 42.6 Å². The Morgan fingerprint density at radius 1 is 1.14 bits per heavy atom. The molecule has 2 heterocycles. The van der Waals surface area contributed by atoms with Gasteiger partial charge in [-0.1, -0.05) is 26.0 Å². The molecular formula is C20H21F3N4O2. The Morgan fingerprint density at radius 3 is 2.52 bits per heavy atom. The Kier molecular flexibility index (Phi) is 5.67. The Balaban J connectivity index is 1.98. The molecule has 2 aromatic heterocycles. The molecule has 0 atom stereocenters. The zero-order valence-electron chi connectivity index (χ0n) is 16.2. The summed E-state index contributed by atoms with van der Waals surface area (Å²) in [5.41, 5.74) is 8.56. The van der Waals surface area contributed by atoms with Crippen molar-refractivity contribution >= 4 is 5.69 Å². The highest BCUT2D eigenvalue weighted by Crippen LogP contribution is 2.31. The van der Waals surface area contributed by atoms with E-state index < -0.39 is 6.36 Å². The van der Waals surface area contributed by atoms with Crippen LogP contribution in [0, 0.1) is 6.92 Å². The van der Waals surface area contributed by atoms with Crippen LogP contribution in [0.1, 0.15) is 36.7 Å². The molecule has 2 N–H and O–H groups in total. The first-order chi connectivity index (χ1) is 13.7. The van der Waals surface area contributed by atoms with Crippen LogP contribution in [0.4, 0.5) is 18.9 Å². The van der Waals surface area contributed by atoms with Crippen molar-refractivity contribution < 1.29 is 22.6 Å². The number of aryl methyl sites for hydroxylation is 1. The number of alkyl halides is 3. The normalized spacial score (nSPS) is 11.7. The van der Waals surface area contributed by atoms with Gasteiger partial charge in [0, 0.05) is 6.07 Å². The number of aromatic nitrogens is 3. The van der Waals surface area contributed by atoms with Crippen molar-refractivity contribution in [3.63, 3.8) is 0 Å². The SMILES string of the molecule is Cc1nc(OCc2c(C(C)C)cnn2-c2ccccc2OC(F)(F)F)ccc1N. The van der Waals surface area contributed by atoms with Gasteiger partial charge < -0.3 is 15.2 Å². The highest BCUT2D eigenvalue weighted by atomic mass is 19.4. The van der Waals surface area contributed by atoms with E-state index in [9.17, 15) is 13.2 Å². The van der Waals surface area contributed by atoms with E-state index in [-0.39, 0.29) is 24.0 Å². The molecule has 154 valence electrons. The van der Waals surface area contributed by atoms with Crippen molar-refractivity contribution in [2.75, 3.05) is 5.73 Å². The van der Waals surface area contributed by atoms with Crippen molar-refractivity contribution in [2.24, 2.45) is 0 Å². The van der Waals surface area contributed by atoms with E-state index in [1.54, 1.807) is 31.3 Å². The Morgan fingerprint density at radius 2 is 1.86 bits per heavy atom. The number of rotatable bonds is 6. The molecule has 29 heavy (non-hydrogen) atoms. The minimum atomic E-state index is -4.81.